The maximum absolute atomic E-state index is 13.0. The third-order valence-corrected chi connectivity index (χ3v) is 4.57. The molecule has 0 radical (unpaired) electrons. The van der Waals surface area contributed by atoms with E-state index < -0.39 is 11.4 Å². The van der Waals surface area contributed by atoms with Gasteiger partial charge in [-0.1, -0.05) is 40.1 Å². The van der Waals surface area contributed by atoms with Crippen LogP contribution in [0.3, 0.4) is 0 Å². The highest BCUT2D eigenvalue weighted by Crippen LogP contribution is 2.28. The van der Waals surface area contributed by atoms with E-state index in [1.807, 2.05) is 45.9 Å². The molecule has 31 heavy (non-hydrogen) atoms. The Morgan fingerprint density at radius 1 is 1.19 bits per heavy atom. The molecule has 0 saturated carbocycles. The molecule has 8 nitrogen and oxygen atoms in total. The molecule has 0 fully saturated rings. The minimum absolute atomic E-state index is 0.0474. The van der Waals surface area contributed by atoms with Crippen LogP contribution in [-0.4, -0.2) is 28.0 Å². The molecule has 0 bridgehead atoms. The second kappa shape index (κ2) is 9.36. The summed E-state index contributed by atoms with van der Waals surface area (Å²) in [6, 6.07) is 12.5. The fraction of sp³-hybridized carbons (Fsp3) is 0.318. The Hall–Kier alpha value is -3.10. The van der Waals surface area contributed by atoms with Gasteiger partial charge in [0.2, 0.25) is 0 Å². The zero-order valence-electron chi connectivity index (χ0n) is 18.1. The molecule has 2 aromatic carbocycles. The monoisotopic (exact) mass is 444 g/mol. The van der Waals surface area contributed by atoms with Crippen LogP contribution in [0.25, 0.3) is 0 Å². The number of halogens is 1. The Labute approximate surface area is 186 Å². The zero-order chi connectivity index (χ0) is 22.6. The van der Waals surface area contributed by atoms with Crippen molar-refractivity contribution in [3.8, 4) is 17.4 Å². The summed E-state index contributed by atoms with van der Waals surface area (Å²) >= 11 is 6.02. The zero-order valence-corrected chi connectivity index (χ0v) is 18.9. The van der Waals surface area contributed by atoms with Crippen molar-refractivity contribution in [1.82, 2.24) is 20.5 Å². The number of hydrogen-bond acceptors (Lipinski definition) is 6. The Kier molecular flexibility index (Phi) is 6.82. The number of nitrogens with zero attached hydrogens (tertiary/aromatic N) is 3. The van der Waals surface area contributed by atoms with Crippen molar-refractivity contribution in [1.29, 1.82) is 0 Å². The molecule has 1 N–H and O–H groups in total. The lowest BCUT2D eigenvalue weighted by Gasteiger charge is -2.21. The molecule has 9 heteroatoms. The molecule has 0 saturated heterocycles. The van der Waals surface area contributed by atoms with Gasteiger partial charge in [0, 0.05) is 10.6 Å². The van der Waals surface area contributed by atoms with Crippen LogP contribution >= 0.6 is 11.6 Å². The number of amides is 1. The van der Waals surface area contributed by atoms with Crippen LogP contribution in [0, 0.1) is 6.92 Å². The van der Waals surface area contributed by atoms with E-state index in [1.165, 1.54) is 4.68 Å². The molecule has 0 aliphatic carbocycles. The average molecular weight is 445 g/mol. The van der Waals surface area contributed by atoms with Crippen LogP contribution in [-0.2, 0) is 17.0 Å². The minimum atomic E-state index is -0.539. The molecule has 1 amide bonds. The summed E-state index contributed by atoms with van der Waals surface area (Å²) < 4.78 is 12.6. The molecule has 3 aromatic rings. The van der Waals surface area contributed by atoms with Gasteiger partial charge in [-0.05, 0) is 57.5 Å². The third kappa shape index (κ3) is 5.53. The first kappa shape index (κ1) is 22.6. The number of methoxy groups -OCH3 is 1. The van der Waals surface area contributed by atoms with Crippen molar-refractivity contribution in [2.75, 3.05) is 7.11 Å². The number of aromatic nitrogens is 3. The van der Waals surface area contributed by atoms with E-state index in [2.05, 4.69) is 15.8 Å². The van der Waals surface area contributed by atoms with E-state index in [9.17, 15) is 4.79 Å². The first-order valence-corrected chi connectivity index (χ1v) is 10.0. The lowest BCUT2D eigenvalue weighted by atomic mass is 10.1. The lowest BCUT2D eigenvalue weighted by molar-refractivity contribution is 0.0212. The van der Waals surface area contributed by atoms with Crippen molar-refractivity contribution in [3.63, 3.8) is 0 Å². The molecular formula is C22H25ClN4O4. The molecule has 0 aliphatic rings. The van der Waals surface area contributed by atoms with Crippen LogP contribution in [0.15, 0.2) is 42.5 Å². The number of benzene rings is 2. The van der Waals surface area contributed by atoms with Gasteiger partial charge in [-0.2, -0.15) is 0 Å². The Bertz CT molecular complexity index is 1080. The van der Waals surface area contributed by atoms with Gasteiger partial charge in [0.1, 0.15) is 18.1 Å². The van der Waals surface area contributed by atoms with Gasteiger partial charge in [-0.3, -0.25) is 9.63 Å². The van der Waals surface area contributed by atoms with E-state index in [-0.39, 0.29) is 18.2 Å². The van der Waals surface area contributed by atoms with Crippen LogP contribution < -0.4 is 15.0 Å². The predicted molar refractivity (Wildman–Crippen MR) is 117 cm³/mol. The summed E-state index contributed by atoms with van der Waals surface area (Å²) in [5.74, 6) is 0.627. The standard InChI is InChI=1S/C22H25ClN4O4/c1-14-9-10-15(18(11-14)29-5)13-30-25-20(28)19-21(24-26-27(19)22(2,3)4)31-17-8-6-7-16(23)12-17/h6-12H,13H2,1-5H3,(H,25,28). The van der Waals surface area contributed by atoms with Crippen LogP contribution in [0.4, 0.5) is 0 Å². The third-order valence-electron chi connectivity index (χ3n) is 4.34. The summed E-state index contributed by atoms with van der Waals surface area (Å²) in [7, 11) is 1.59. The second-order valence-corrected chi connectivity index (χ2v) is 8.36. The summed E-state index contributed by atoms with van der Waals surface area (Å²) in [5.41, 5.74) is 3.92. The van der Waals surface area contributed by atoms with Crippen molar-refractivity contribution in [2.45, 2.75) is 39.8 Å². The quantitative estimate of drug-likeness (QED) is 0.533. The number of ether oxygens (including phenoxy) is 2. The number of aryl methyl sites for hydroxylation is 1. The number of rotatable bonds is 7. The molecule has 1 heterocycles. The second-order valence-electron chi connectivity index (χ2n) is 7.92. The summed E-state index contributed by atoms with van der Waals surface area (Å²) in [6.45, 7) is 7.80. The molecule has 1 aromatic heterocycles. The number of nitrogens with one attached hydrogen (secondary N) is 1. The van der Waals surface area contributed by atoms with Crippen molar-refractivity contribution in [2.24, 2.45) is 0 Å². The van der Waals surface area contributed by atoms with Crippen molar-refractivity contribution < 1.29 is 19.1 Å². The van der Waals surface area contributed by atoms with Crippen LogP contribution in [0.2, 0.25) is 5.02 Å². The first-order valence-electron chi connectivity index (χ1n) is 9.64. The molecule has 0 aliphatic heterocycles. The highest BCUT2D eigenvalue weighted by atomic mass is 35.5. The van der Waals surface area contributed by atoms with Crippen LogP contribution in [0.5, 0.6) is 17.4 Å². The topological polar surface area (TPSA) is 87.5 Å². The van der Waals surface area contributed by atoms with Crippen molar-refractivity contribution in [3.05, 3.63) is 64.3 Å². The van der Waals surface area contributed by atoms with Crippen LogP contribution in [0.1, 0.15) is 42.4 Å². The fourth-order valence-electron chi connectivity index (χ4n) is 2.84. The SMILES string of the molecule is COc1cc(C)ccc1CONC(=O)c1c(Oc2cccc(Cl)c2)nnn1C(C)(C)C. The van der Waals surface area contributed by atoms with E-state index in [1.54, 1.807) is 31.4 Å². The number of hydrogen-bond donors (Lipinski definition) is 1. The highest BCUT2D eigenvalue weighted by molar-refractivity contribution is 6.30. The van der Waals surface area contributed by atoms with E-state index in [0.29, 0.717) is 16.5 Å². The van der Waals surface area contributed by atoms with Gasteiger partial charge in [0.05, 0.1) is 12.6 Å². The van der Waals surface area contributed by atoms with Gasteiger partial charge in [-0.25, -0.2) is 10.2 Å². The average Bonchev–Trinajstić information content (AvgIpc) is 3.13. The smallest absolute Gasteiger partial charge is 0.298 e. The highest BCUT2D eigenvalue weighted by Gasteiger charge is 2.29. The Morgan fingerprint density at radius 2 is 1.97 bits per heavy atom. The normalized spacial score (nSPS) is 11.3. The Balaban J connectivity index is 1.79. The number of carbonyl (C=O) groups is 1. The van der Waals surface area contributed by atoms with E-state index >= 15 is 0 Å². The van der Waals surface area contributed by atoms with Gasteiger partial charge in [0.15, 0.2) is 5.69 Å². The lowest BCUT2D eigenvalue weighted by Crippen LogP contribution is -2.32. The fourth-order valence-corrected chi connectivity index (χ4v) is 3.02. The van der Waals surface area contributed by atoms with E-state index in [0.717, 1.165) is 11.1 Å². The first-order chi connectivity index (χ1) is 14.7. The Morgan fingerprint density at radius 3 is 2.65 bits per heavy atom. The summed E-state index contributed by atoms with van der Waals surface area (Å²) in [5, 5.41) is 8.65. The maximum Gasteiger partial charge on any atom is 0.298 e. The predicted octanol–water partition coefficient (Wildman–Crippen LogP) is 4.66. The largest absolute Gasteiger partial charge is 0.496 e. The molecule has 0 atom stereocenters. The number of carbonyl (C=O) groups excluding carboxylic acids is 1. The summed E-state index contributed by atoms with van der Waals surface area (Å²) in [4.78, 5) is 18.4. The van der Waals surface area contributed by atoms with Gasteiger partial charge >= 0.3 is 0 Å². The molecular weight excluding hydrogens is 420 g/mol. The maximum atomic E-state index is 13.0. The molecule has 3 rings (SSSR count). The summed E-state index contributed by atoms with van der Waals surface area (Å²) in [6.07, 6.45) is 0. The van der Waals surface area contributed by atoms with E-state index in [4.69, 9.17) is 25.9 Å². The molecule has 164 valence electrons. The molecule has 0 spiro atoms. The number of hydroxylamine groups is 1. The molecule has 0 unspecified atom stereocenters. The van der Waals surface area contributed by atoms with Gasteiger partial charge < -0.3 is 9.47 Å². The minimum Gasteiger partial charge on any atom is -0.496 e. The van der Waals surface area contributed by atoms with Crippen molar-refractivity contribution >= 4 is 17.5 Å². The van der Waals surface area contributed by atoms with Gasteiger partial charge in [-0.15, -0.1) is 0 Å². The van der Waals surface area contributed by atoms with Gasteiger partial charge in [0.25, 0.3) is 11.8 Å².